The highest BCUT2D eigenvalue weighted by Crippen LogP contribution is 2.27. The number of nitrogens with one attached hydrogen (secondary N) is 2. The van der Waals surface area contributed by atoms with Crippen molar-refractivity contribution < 1.29 is 9.53 Å². The van der Waals surface area contributed by atoms with E-state index in [1.807, 2.05) is 0 Å². The van der Waals surface area contributed by atoms with E-state index in [0.29, 0.717) is 39.7 Å². The summed E-state index contributed by atoms with van der Waals surface area (Å²) in [7, 11) is 1.54. The summed E-state index contributed by atoms with van der Waals surface area (Å²) in [5.74, 6) is 2.00. The molecule has 0 radical (unpaired) electrons. The van der Waals surface area contributed by atoms with Gasteiger partial charge in [0, 0.05) is 18.3 Å². The van der Waals surface area contributed by atoms with Gasteiger partial charge in [-0.15, -0.1) is 0 Å². The van der Waals surface area contributed by atoms with Gasteiger partial charge < -0.3 is 15.4 Å². The number of halogens is 1. The van der Waals surface area contributed by atoms with Crippen molar-refractivity contribution in [1.82, 2.24) is 9.97 Å². The van der Waals surface area contributed by atoms with Gasteiger partial charge in [-0.1, -0.05) is 25.4 Å². The van der Waals surface area contributed by atoms with Gasteiger partial charge in [0.25, 0.3) is 5.91 Å². The lowest BCUT2D eigenvalue weighted by Gasteiger charge is -2.11. The minimum Gasteiger partial charge on any atom is -0.495 e. The number of nitrogens with zero attached hydrogens (tertiary/aromatic N) is 2. The number of hydrogen-bond donors (Lipinski definition) is 2. The van der Waals surface area contributed by atoms with Crippen LogP contribution in [0.15, 0.2) is 24.3 Å². The molecule has 0 fully saturated rings. The quantitative estimate of drug-likeness (QED) is 0.773. The Balaban J connectivity index is 2.10. The van der Waals surface area contributed by atoms with Crippen LogP contribution in [-0.2, 0) is 0 Å². The fraction of sp³-hybridized carbons (Fsp3) is 0.389. The first-order chi connectivity index (χ1) is 11.9. The number of carbonyl (C=O) groups is 1. The molecule has 0 bridgehead atoms. The van der Waals surface area contributed by atoms with E-state index >= 15 is 0 Å². The Hall–Kier alpha value is -2.34. The summed E-state index contributed by atoms with van der Waals surface area (Å²) in [6.07, 6.45) is 1.02. The lowest BCUT2D eigenvalue weighted by atomic mass is 10.1. The van der Waals surface area contributed by atoms with Crippen molar-refractivity contribution in [1.29, 1.82) is 0 Å². The largest absolute Gasteiger partial charge is 0.495 e. The minimum atomic E-state index is -0.321. The molecule has 7 heteroatoms. The van der Waals surface area contributed by atoms with Gasteiger partial charge in [-0.25, -0.2) is 9.97 Å². The highest BCUT2D eigenvalue weighted by molar-refractivity contribution is 6.32. The van der Waals surface area contributed by atoms with E-state index < -0.39 is 0 Å². The average molecular weight is 363 g/mol. The van der Waals surface area contributed by atoms with E-state index in [-0.39, 0.29) is 5.91 Å². The topological polar surface area (TPSA) is 76.1 Å². The van der Waals surface area contributed by atoms with Crippen molar-refractivity contribution in [2.75, 3.05) is 24.3 Å². The Kier molecular flexibility index (Phi) is 6.58. The van der Waals surface area contributed by atoms with Crippen LogP contribution < -0.4 is 15.4 Å². The number of aryl methyl sites for hydroxylation is 1. The molecule has 2 aromatic rings. The maximum Gasteiger partial charge on any atom is 0.274 e. The van der Waals surface area contributed by atoms with Crippen LogP contribution in [0.2, 0.25) is 5.02 Å². The summed E-state index contributed by atoms with van der Waals surface area (Å²) in [6, 6.07) is 6.70. The van der Waals surface area contributed by atoms with E-state index in [0.717, 1.165) is 13.0 Å². The van der Waals surface area contributed by atoms with Crippen molar-refractivity contribution in [3.8, 4) is 5.75 Å². The Labute approximate surface area is 153 Å². The van der Waals surface area contributed by atoms with Gasteiger partial charge >= 0.3 is 0 Å². The van der Waals surface area contributed by atoms with Gasteiger partial charge in [0.15, 0.2) is 0 Å². The molecule has 1 aromatic carbocycles. The van der Waals surface area contributed by atoms with E-state index in [4.69, 9.17) is 16.3 Å². The van der Waals surface area contributed by atoms with Crippen LogP contribution in [0.3, 0.4) is 0 Å². The van der Waals surface area contributed by atoms with E-state index in [1.54, 1.807) is 31.2 Å². The number of aromatic nitrogens is 2. The first-order valence-electron chi connectivity index (χ1n) is 8.13. The number of hydrogen-bond acceptors (Lipinski definition) is 5. The maximum absolute atomic E-state index is 12.5. The highest BCUT2D eigenvalue weighted by Gasteiger charge is 2.12. The summed E-state index contributed by atoms with van der Waals surface area (Å²) >= 11 is 6.08. The predicted molar refractivity (Wildman–Crippen MR) is 101 cm³/mol. The van der Waals surface area contributed by atoms with Gasteiger partial charge in [-0.2, -0.15) is 0 Å². The second kappa shape index (κ2) is 8.67. The van der Waals surface area contributed by atoms with Crippen LogP contribution in [0.25, 0.3) is 0 Å². The number of amides is 1. The molecule has 0 atom stereocenters. The van der Waals surface area contributed by atoms with Crippen molar-refractivity contribution in [3.05, 3.63) is 40.8 Å². The summed E-state index contributed by atoms with van der Waals surface area (Å²) < 4.78 is 5.10. The van der Waals surface area contributed by atoms with E-state index in [2.05, 4.69) is 34.4 Å². The minimum absolute atomic E-state index is 0.298. The number of carbonyl (C=O) groups excluding carboxylic acids is 1. The number of rotatable bonds is 7. The third-order valence-corrected chi connectivity index (χ3v) is 3.80. The van der Waals surface area contributed by atoms with Crippen LogP contribution in [0.1, 0.15) is 36.6 Å². The third-order valence-electron chi connectivity index (χ3n) is 3.51. The van der Waals surface area contributed by atoms with Gasteiger partial charge in [0.2, 0.25) is 0 Å². The molecule has 1 aromatic heterocycles. The van der Waals surface area contributed by atoms with Gasteiger partial charge in [-0.3, -0.25) is 4.79 Å². The fourth-order valence-electron chi connectivity index (χ4n) is 2.20. The number of anilines is 2. The molecule has 0 aliphatic carbocycles. The van der Waals surface area contributed by atoms with Gasteiger partial charge in [0.05, 0.1) is 12.1 Å². The molecule has 0 saturated carbocycles. The predicted octanol–water partition coefficient (Wildman–Crippen LogP) is 4.16. The zero-order chi connectivity index (χ0) is 18.4. The number of ether oxygens (including phenoxy) is 1. The SMILES string of the molecule is COc1ccc(NC(=O)c2cc(NCCC(C)C)nc(C)n2)cc1Cl. The van der Waals surface area contributed by atoms with Crippen molar-refractivity contribution in [3.63, 3.8) is 0 Å². The lowest BCUT2D eigenvalue weighted by Crippen LogP contribution is -2.16. The smallest absolute Gasteiger partial charge is 0.274 e. The highest BCUT2D eigenvalue weighted by atomic mass is 35.5. The van der Waals surface area contributed by atoms with E-state index in [1.165, 1.54) is 7.11 Å². The molecule has 134 valence electrons. The average Bonchev–Trinajstić information content (AvgIpc) is 2.54. The zero-order valence-corrected chi connectivity index (χ0v) is 15.6. The Bertz CT molecular complexity index is 750. The number of methoxy groups -OCH3 is 1. The molecule has 1 amide bonds. The molecule has 1 heterocycles. The normalized spacial score (nSPS) is 10.6. The van der Waals surface area contributed by atoms with Crippen molar-refractivity contribution >= 4 is 29.0 Å². The Morgan fingerprint density at radius 3 is 2.68 bits per heavy atom. The van der Waals surface area contributed by atoms with Gasteiger partial charge in [-0.05, 0) is 37.5 Å². The first kappa shape index (κ1) is 19.0. The van der Waals surface area contributed by atoms with Crippen molar-refractivity contribution in [2.45, 2.75) is 27.2 Å². The van der Waals surface area contributed by atoms with Crippen molar-refractivity contribution in [2.24, 2.45) is 5.92 Å². The summed E-state index contributed by atoms with van der Waals surface area (Å²) in [4.78, 5) is 21.0. The second-order valence-electron chi connectivity index (χ2n) is 6.10. The summed E-state index contributed by atoms with van der Waals surface area (Å²) in [6.45, 7) is 6.87. The standard InChI is InChI=1S/C18H23ClN4O2/c1-11(2)7-8-20-17-10-15(21-12(3)22-17)18(24)23-13-5-6-16(25-4)14(19)9-13/h5-6,9-11H,7-8H2,1-4H3,(H,23,24)(H,20,21,22). The first-order valence-corrected chi connectivity index (χ1v) is 8.51. The third kappa shape index (κ3) is 5.60. The molecule has 0 unspecified atom stereocenters. The molecule has 0 aliphatic rings. The Morgan fingerprint density at radius 1 is 1.28 bits per heavy atom. The van der Waals surface area contributed by atoms with E-state index in [9.17, 15) is 4.79 Å². The molecule has 2 rings (SSSR count). The number of benzene rings is 1. The van der Waals surface area contributed by atoms with Crippen LogP contribution in [0.4, 0.5) is 11.5 Å². The molecule has 0 spiro atoms. The van der Waals surface area contributed by atoms with Crippen LogP contribution in [-0.4, -0.2) is 29.5 Å². The second-order valence-corrected chi connectivity index (χ2v) is 6.51. The molecule has 0 saturated heterocycles. The summed E-state index contributed by atoms with van der Waals surface area (Å²) in [5, 5.41) is 6.44. The maximum atomic E-state index is 12.5. The molecule has 0 aliphatic heterocycles. The molecule has 25 heavy (non-hydrogen) atoms. The molecule has 2 N–H and O–H groups in total. The van der Waals surface area contributed by atoms with Gasteiger partial charge in [0.1, 0.15) is 23.1 Å². The molecular formula is C18H23ClN4O2. The fourth-order valence-corrected chi connectivity index (χ4v) is 2.46. The monoisotopic (exact) mass is 362 g/mol. The lowest BCUT2D eigenvalue weighted by molar-refractivity contribution is 0.102. The van der Waals surface area contributed by atoms with Crippen LogP contribution in [0, 0.1) is 12.8 Å². The molecular weight excluding hydrogens is 340 g/mol. The van der Waals surface area contributed by atoms with Crippen LogP contribution >= 0.6 is 11.6 Å². The molecule has 6 nitrogen and oxygen atoms in total. The van der Waals surface area contributed by atoms with Crippen LogP contribution in [0.5, 0.6) is 5.75 Å². The summed E-state index contributed by atoms with van der Waals surface area (Å²) in [5.41, 5.74) is 0.868. The Morgan fingerprint density at radius 2 is 2.04 bits per heavy atom. The zero-order valence-electron chi connectivity index (χ0n) is 14.9.